The van der Waals surface area contributed by atoms with Crippen molar-refractivity contribution in [3.63, 3.8) is 0 Å². The Kier molecular flexibility index (Phi) is 3.91. The molecule has 0 saturated heterocycles. The number of anilines is 1. The van der Waals surface area contributed by atoms with Gasteiger partial charge in [0, 0.05) is 12.4 Å². The van der Waals surface area contributed by atoms with E-state index in [0.717, 1.165) is 11.3 Å². The van der Waals surface area contributed by atoms with Gasteiger partial charge in [-0.05, 0) is 30.7 Å². The Morgan fingerprint density at radius 2 is 2.00 bits per heavy atom. The highest BCUT2D eigenvalue weighted by molar-refractivity contribution is 5.78. The lowest BCUT2D eigenvalue weighted by atomic mass is 10.2. The minimum atomic E-state index is 0.530. The Hall–Kier alpha value is -2.36. The summed E-state index contributed by atoms with van der Waals surface area (Å²) in [6.07, 6.45) is 3.59. The summed E-state index contributed by atoms with van der Waals surface area (Å²) >= 11 is 0. The number of benzene rings is 1. The summed E-state index contributed by atoms with van der Waals surface area (Å²) in [5.74, 6) is 0.530. The van der Waals surface area contributed by atoms with Gasteiger partial charge < -0.3 is 5.73 Å². The van der Waals surface area contributed by atoms with Gasteiger partial charge in [0.05, 0.1) is 12.2 Å². The summed E-state index contributed by atoms with van der Waals surface area (Å²) in [4.78, 5) is 4.10. The first-order valence-electron chi connectivity index (χ1n) is 5.78. The van der Waals surface area contributed by atoms with Crippen molar-refractivity contribution in [3.8, 4) is 0 Å². The van der Waals surface area contributed by atoms with Gasteiger partial charge in [-0.2, -0.15) is 5.10 Å². The summed E-state index contributed by atoms with van der Waals surface area (Å²) in [5.41, 5.74) is 7.77. The fourth-order valence-electron chi connectivity index (χ4n) is 1.64. The van der Waals surface area contributed by atoms with Crippen molar-refractivity contribution in [1.82, 2.24) is 4.98 Å². The van der Waals surface area contributed by atoms with Gasteiger partial charge in [0.1, 0.15) is 5.84 Å². The molecule has 4 heteroatoms. The molecule has 0 aliphatic heterocycles. The summed E-state index contributed by atoms with van der Waals surface area (Å²) in [7, 11) is 0. The Morgan fingerprint density at radius 1 is 1.22 bits per heavy atom. The van der Waals surface area contributed by atoms with Crippen LogP contribution < -0.4 is 10.7 Å². The molecule has 0 spiro atoms. The van der Waals surface area contributed by atoms with E-state index in [2.05, 4.69) is 10.1 Å². The maximum Gasteiger partial charge on any atom is 0.117 e. The van der Waals surface area contributed by atoms with E-state index >= 15 is 0 Å². The molecular weight excluding hydrogens is 224 g/mol. The summed E-state index contributed by atoms with van der Waals surface area (Å²) in [5, 5.41) is 6.21. The molecule has 2 rings (SSSR count). The second-order valence-electron chi connectivity index (χ2n) is 4.00. The van der Waals surface area contributed by atoms with Gasteiger partial charge >= 0.3 is 0 Å². The van der Waals surface area contributed by atoms with Crippen molar-refractivity contribution in [2.24, 2.45) is 10.8 Å². The highest BCUT2D eigenvalue weighted by Gasteiger charge is 2.05. The lowest BCUT2D eigenvalue weighted by molar-refractivity contribution is 0.847. The van der Waals surface area contributed by atoms with Gasteiger partial charge in [-0.25, -0.2) is 0 Å². The van der Waals surface area contributed by atoms with Crippen LogP contribution in [0.5, 0.6) is 0 Å². The van der Waals surface area contributed by atoms with Crippen molar-refractivity contribution in [1.29, 1.82) is 0 Å². The molecule has 0 fully saturated rings. The molecule has 18 heavy (non-hydrogen) atoms. The molecule has 0 bridgehead atoms. The largest absolute Gasteiger partial charge is 0.386 e. The number of nitrogens with two attached hydrogens (primary N) is 1. The molecule has 0 unspecified atom stereocenters. The first kappa shape index (κ1) is 12.1. The van der Waals surface area contributed by atoms with Gasteiger partial charge in [0.2, 0.25) is 0 Å². The van der Waals surface area contributed by atoms with E-state index in [1.165, 1.54) is 0 Å². The van der Waals surface area contributed by atoms with Gasteiger partial charge in [-0.15, -0.1) is 0 Å². The Bertz CT molecular complexity index is 504. The standard InChI is InChI=1S/C14H16N4/c1-12(15)17-18(14-7-3-2-4-8-14)11-13-6-5-9-16-10-13/h2-10H,11H2,1H3,(H2,15,17). The van der Waals surface area contributed by atoms with E-state index in [9.17, 15) is 0 Å². The van der Waals surface area contributed by atoms with Gasteiger partial charge in [0.25, 0.3) is 0 Å². The lowest BCUT2D eigenvalue weighted by Gasteiger charge is -2.19. The third-order valence-corrected chi connectivity index (χ3v) is 2.39. The van der Waals surface area contributed by atoms with Crippen molar-refractivity contribution >= 4 is 11.5 Å². The van der Waals surface area contributed by atoms with Crippen molar-refractivity contribution in [2.45, 2.75) is 13.5 Å². The summed E-state index contributed by atoms with van der Waals surface area (Å²) in [6, 6.07) is 13.9. The molecule has 1 aromatic heterocycles. The van der Waals surface area contributed by atoms with E-state index < -0.39 is 0 Å². The SMILES string of the molecule is CC(N)=NN(Cc1cccnc1)c1ccccc1. The van der Waals surface area contributed by atoms with E-state index in [0.29, 0.717) is 12.4 Å². The van der Waals surface area contributed by atoms with Crippen LogP contribution in [0.25, 0.3) is 0 Å². The number of pyridine rings is 1. The Morgan fingerprint density at radius 3 is 2.61 bits per heavy atom. The quantitative estimate of drug-likeness (QED) is 0.507. The van der Waals surface area contributed by atoms with Crippen LogP contribution in [0.2, 0.25) is 0 Å². The number of hydrogen-bond donors (Lipinski definition) is 1. The van der Waals surface area contributed by atoms with Crippen LogP contribution in [0.15, 0.2) is 60.0 Å². The van der Waals surface area contributed by atoms with Crippen LogP contribution in [0.4, 0.5) is 5.69 Å². The van der Waals surface area contributed by atoms with Crippen molar-refractivity contribution < 1.29 is 0 Å². The molecular formula is C14H16N4. The molecule has 0 aliphatic rings. The van der Waals surface area contributed by atoms with Crippen LogP contribution in [0.3, 0.4) is 0 Å². The monoisotopic (exact) mass is 240 g/mol. The minimum Gasteiger partial charge on any atom is -0.386 e. The second-order valence-corrected chi connectivity index (χ2v) is 4.00. The molecule has 1 heterocycles. The highest BCUT2D eigenvalue weighted by atomic mass is 15.5. The number of amidine groups is 1. The fourth-order valence-corrected chi connectivity index (χ4v) is 1.64. The second kappa shape index (κ2) is 5.82. The molecule has 0 amide bonds. The third kappa shape index (κ3) is 3.31. The zero-order valence-corrected chi connectivity index (χ0v) is 10.3. The predicted molar refractivity (Wildman–Crippen MR) is 74.2 cm³/mol. The molecule has 2 N–H and O–H groups in total. The van der Waals surface area contributed by atoms with Crippen LogP contribution in [0, 0.1) is 0 Å². The lowest BCUT2D eigenvalue weighted by Crippen LogP contribution is -2.20. The van der Waals surface area contributed by atoms with Crippen LogP contribution in [0.1, 0.15) is 12.5 Å². The summed E-state index contributed by atoms with van der Waals surface area (Å²) < 4.78 is 0. The number of hydrogen-bond acceptors (Lipinski definition) is 3. The van der Waals surface area contributed by atoms with Crippen LogP contribution in [-0.4, -0.2) is 10.8 Å². The van der Waals surface area contributed by atoms with Crippen molar-refractivity contribution in [3.05, 3.63) is 60.4 Å². The zero-order chi connectivity index (χ0) is 12.8. The Balaban J connectivity index is 2.24. The van der Waals surface area contributed by atoms with Crippen molar-refractivity contribution in [2.75, 3.05) is 5.01 Å². The molecule has 4 nitrogen and oxygen atoms in total. The predicted octanol–water partition coefficient (Wildman–Crippen LogP) is 2.38. The van der Waals surface area contributed by atoms with E-state index in [1.54, 1.807) is 13.1 Å². The van der Waals surface area contributed by atoms with Gasteiger partial charge in [-0.3, -0.25) is 9.99 Å². The number of para-hydroxylation sites is 1. The first-order valence-corrected chi connectivity index (χ1v) is 5.78. The summed E-state index contributed by atoms with van der Waals surface area (Å²) in [6.45, 7) is 2.42. The van der Waals surface area contributed by atoms with E-state index in [-0.39, 0.29) is 0 Å². The maximum atomic E-state index is 5.68. The normalized spacial score (nSPS) is 11.3. The Labute approximate surface area is 107 Å². The van der Waals surface area contributed by atoms with Crippen LogP contribution in [-0.2, 0) is 6.54 Å². The first-order chi connectivity index (χ1) is 8.75. The number of nitrogens with zero attached hydrogens (tertiary/aromatic N) is 3. The zero-order valence-electron chi connectivity index (χ0n) is 10.3. The smallest absolute Gasteiger partial charge is 0.117 e. The molecule has 1 aromatic carbocycles. The van der Waals surface area contributed by atoms with Gasteiger partial charge in [-0.1, -0.05) is 24.3 Å². The molecule has 0 atom stereocenters. The third-order valence-electron chi connectivity index (χ3n) is 2.39. The fraction of sp³-hybridized carbons (Fsp3) is 0.143. The molecule has 0 aliphatic carbocycles. The molecule has 92 valence electrons. The number of hydrazone groups is 1. The molecule has 0 radical (unpaired) electrons. The highest BCUT2D eigenvalue weighted by Crippen LogP contribution is 2.16. The molecule has 0 saturated carbocycles. The average Bonchev–Trinajstić information content (AvgIpc) is 2.40. The molecule has 2 aromatic rings. The van der Waals surface area contributed by atoms with Crippen LogP contribution >= 0.6 is 0 Å². The average molecular weight is 240 g/mol. The number of rotatable bonds is 4. The topological polar surface area (TPSA) is 54.5 Å². The minimum absolute atomic E-state index is 0.530. The maximum absolute atomic E-state index is 5.68. The van der Waals surface area contributed by atoms with E-state index in [1.807, 2.05) is 53.7 Å². The number of aromatic nitrogens is 1. The van der Waals surface area contributed by atoms with E-state index in [4.69, 9.17) is 5.73 Å². The van der Waals surface area contributed by atoms with Gasteiger partial charge in [0.15, 0.2) is 0 Å².